The number of hydrogen-bond acceptors (Lipinski definition) is 3. The summed E-state index contributed by atoms with van der Waals surface area (Å²) in [4.78, 5) is 16.3. The van der Waals surface area contributed by atoms with E-state index in [0.29, 0.717) is 33.2 Å². The molecule has 1 aromatic carbocycles. The van der Waals surface area contributed by atoms with Crippen molar-refractivity contribution in [1.82, 2.24) is 4.98 Å². The van der Waals surface area contributed by atoms with Crippen molar-refractivity contribution < 1.29 is 9.53 Å². The van der Waals surface area contributed by atoms with E-state index in [4.69, 9.17) is 16.3 Å². The van der Waals surface area contributed by atoms with Gasteiger partial charge in [-0.3, -0.25) is 4.79 Å². The topological polar surface area (TPSA) is 51.2 Å². The highest BCUT2D eigenvalue weighted by molar-refractivity contribution is 9.10. The Bertz CT molecular complexity index is 649. The highest BCUT2D eigenvalue weighted by Gasteiger charge is 2.13. The Labute approximate surface area is 136 Å². The van der Waals surface area contributed by atoms with Crippen molar-refractivity contribution in [3.05, 3.63) is 51.7 Å². The number of carbonyl (C=O) groups excluding carboxylic acids is 1. The molecule has 0 fully saturated rings. The molecule has 1 aromatic heterocycles. The van der Waals surface area contributed by atoms with Gasteiger partial charge in [-0.25, -0.2) is 4.98 Å². The van der Waals surface area contributed by atoms with Crippen LogP contribution in [0.25, 0.3) is 0 Å². The minimum atomic E-state index is -0.279. The second-order valence-corrected chi connectivity index (χ2v) is 5.47. The van der Waals surface area contributed by atoms with Crippen LogP contribution in [0, 0.1) is 0 Å². The van der Waals surface area contributed by atoms with Crippen LogP contribution in [-0.2, 0) is 0 Å². The first-order valence-electron chi connectivity index (χ1n) is 6.46. The molecule has 1 heterocycles. The first kappa shape index (κ1) is 15.8. The molecule has 6 heteroatoms. The van der Waals surface area contributed by atoms with Crippen LogP contribution in [0.15, 0.2) is 41.1 Å². The van der Waals surface area contributed by atoms with Gasteiger partial charge in [-0.1, -0.05) is 18.5 Å². The summed E-state index contributed by atoms with van der Waals surface area (Å²) >= 11 is 9.24. The van der Waals surface area contributed by atoms with Crippen molar-refractivity contribution in [1.29, 1.82) is 0 Å². The Hall–Kier alpha value is -1.59. The lowest BCUT2D eigenvalue weighted by Gasteiger charge is -2.13. The van der Waals surface area contributed by atoms with Gasteiger partial charge in [-0.15, -0.1) is 0 Å². The van der Waals surface area contributed by atoms with Crippen LogP contribution in [-0.4, -0.2) is 17.5 Å². The van der Waals surface area contributed by atoms with E-state index in [1.165, 1.54) is 0 Å². The van der Waals surface area contributed by atoms with Gasteiger partial charge in [0.05, 0.1) is 17.9 Å². The van der Waals surface area contributed by atoms with E-state index in [-0.39, 0.29) is 5.91 Å². The molecule has 0 unspecified atom stereocenters. The molecule has 4 nitrogen and oxygen atoms in total. The first-order valence-corrected chi connectivity index (χ1v) is 7.63. The maximum absolute atomic E-state index is 12.3. The molecule has 2 aromatic rings. The lowest BCUT2D eigenvalue weighted by molar-refractivity contribution is 0.102. The first-order chi connectivity index (χ1) is 10.1. The normalized spacial score (nSPS) is 10.2. The lowest BCUT2D eigenvalue weighted by Crippen LogP contribution is -2.14. The van der Waals surface area contributed by atoms with E-state index in [0.717, 1.165) is 6.42 Å². The third kappa shape index (κ3) is 4.19. The van der Waals surface area contributed by atoms with Crippen LogP contribution in [0.4, 0.5) is 5.69 Å². The van der Waals surface area contributed by atoms with Gasteiger partial charge in [0.25, 0.3) is 5.91 Å². The second-order valence-electron chi connectivity index (χ2n) is 4.28. The summed E-state index contributed by atoms with van der Waals surface area (Å²) in [5.74, 6) is 0.313. The van der Waals surface area contributed by atoms with Gasteiger partial charge in [0.1, 0.15) is 10.4 Å². The quantitative estimate of drug-likeness (QED) is 0.787. The Morgan fingerprint density at radius 3 is 2.95 bits per heavy atom. The predicted molar refractivity (Wildman–Crippen MR) is 87.1 cm³/mol. The van der Waals surface area contributed by atoms with Crippen LogP contribution in [0.2, 0.25) is 5.02 Å². The fourth-order valence-electron chi connectivity index (χ4n) is 1.68. The van der Waals surface area contributed by atoms with E-state index in [1.807, 2.05) is 6.92 Å². The number of benzene rings is 1. The predicted octanol–water partition coefficient (Wildman–Crippen LogP) is 4.54. The molecule has 1 amide bonds. The molecule has 21 heavy (non-hydrogen) atoms. The smallest absolute Gasteiger partial charge is 0.258 e. The van der Waals surface area contributed by atoms with Gasteiger partial charge < -0.3 is 10.1 Å². The number of amides is 1. The standard InChI is InChI=1S/C15H14BrClN2O2/c1-2-8-21-13-6-5-10(17)9-12(13)19-15(20)11-4-3-7-18-14(11)16/h3-7,9H,2,8H2,1H3,(H,19,20). The summed E-state index contributed by atoms with van der Waals surface area (Å²) in [5.41, 5.74) is 0.982. The molecular weight excluding hydrogens is 356 g/mol. The molecule has 0 saturated carbocycles. The largest absolute Gasteiger partial charge is 0.491 e. The van der Waals surface area contributed by atoms with Gasteiger partial charge in [0, 0.05) is 11.2 Å². The number of aromatic nitrogens is 1. The lowest BCUT2D eigenvalue weighted by atomic mass is 10.2. The molecule has 0 radical (unpaired) electrons. The van der Waals surface area contributed by atoms with Crippen LogP contribution in [0.3, 0.4) is 0 Å². The van der Waals surface area contributed by atoms with Crippen molar-refractivity contribution >= 4 is 39.1 Å². The van der Waals surface area contributed by atoms with E-state index in [2.05, 4.69) is 26.2 Å². The number of pyridine rings is 1. The summed E-state index contributed by atoms with van der Waals surface area (Å²) in [7, 11) is 0. The maximum Gasteiger partial charge on any atom is 0.258 e. The van der Waals surface area contributed by atoms with Crippen molar-refractivity contribution in [2.45, 2.75) is 13.3 Å². The molecular formula is C15H14BrClN2O2. The number of nitrogens with one attached hydrogen (secondary N) is 1. The summed E-state index contributed by atoms with van der Waals surface area (Å²) < 4.78 is 6.09. The van der Waals surface area contributed by atoms with Crippen molar-refractivity contribution in [3.8, 4) is 5.75 Å². The number of hydrogen-bond donors (Lipinski definition) is 1. The van der Waals surface area contributed by atoms with Gasteiger partial charge in [-0.05, 0) is 52.7 Å². The molecule has 0 spiro atoms. The summed E-state index contributed by atoms with van der Waals surface area (Å²) in [6.07, 6.45) is 2.49. The van der Waals surface area contributed by atoms with Crippen molar-refractivity contribution in [2.24, 2.45) is 0 Å². The monoisotopic (exact) mass is 368 g/mol. The zero-order valence-corrected chi connectivity index (χ0v) is 13.7. The molecule has 1 N–H and O–H groups in total. The Balaban J connectivity index is 2.24. The SMILES string of the molecule is CCCOc1ccc(Cl)cc1NC(=O)c1cccnc1Br. The fraction of sp³-hybridized carbons (Fsp3) is 0.200. The Morgan fingerprint density at radius 1 is 1.43 bits per heavy atom. The van der Waals surface area contributed by atoms with Gasteiger partial charge in [-0.2, -0.15) is 0 Å². The van der Waals surface area contributed by atoms with E-state index in [9.17, 15) is 4.79 Å². The van der Waals surface area contributed by atoms with Crippen LogP contribution in [0.1, 0.15) is 23.7 Å². The average molecular weight is 370 g/mol. The molecule has 2 rings (SSSR count). The number of ether oxygens (including phenoxy) is 1. The van der Waals surface area contributed by atoms with Gasteiger partial charge in [0.15, 0.2) is 0 Å². The summed E-state index contributed by atoms with van der Waals surface area (Å²) in [6, 6.07) is 8.51. The maximum atomic E-state index is 12.3. The molecule has 0 aliphatic heterocycles. The van der Waals surface area contributed by atoms with Gasteiger partial charge in [0.2, 0.25) is 0 Å². The summed E-state index contributed by atoms with van der Waals surface area (Å²) in [6.45, 7) is 2.59. The molecule has 110 valence electrons. The Kier molecular flexibility index (Phi) is 5.59. The molecule has 0 bridgehead atoms. The second kappa shape index (κ2) is 7.43. The van der Waals surface area contributed by atoms with E-state index in [1.54, 1.807) is 36.5 Å². The zero-order chi connectivity index (χ0) is 15.2. The van der Waals surface area contributed by atoms with Gasteiger partial charge >= 0.3 is 0 Å². The number of nitrogens with zero attached hydrogens (tertiary/aromatic N) is 1. The molecule has 0 saturated heterocycles. The highest BCUT2D eigenvalue weighted by atomic mass is 79.9. The van der Waals surface area contributed by atoms with Crippen LogP contribution >= 0.6 is 27.5 Å². The Morgan fingerprint density at radius 2 is 2.24 bits per heavy atom. The third-order valence-corrected chi connectivity index (χ3v) is 3.52. The van der Waals surface area contributed by atoms with E-state index >= 15 is 0 Å². The van der Waals surface area contributed by atoms with E-state index < -0.39 is 0 Å². The highest BCUT2D eigenvalue weighted by Crippen LogP contribution is 2.29. The minimum Gasteiger partial charge on any atom is -0.491 e. The van der Waals surface area contributed by atoms with Crippen LogP contribution < -0.4 is 10.1 Å². The number of halogens is 2. The fourth-order valence-corrected chi connectivity index (χ4v) is 2.29. The van der Waals surface area contributed by atoms with Crippen molar-refractivity contribution in [2.75, 3.05) is 11.9 Å². The summed E-state index contributed by atoms with van der Waals surface area (Å²) in [5, 5.41) is 3.33. The zero-order valence-electron chi connectivity index (χ0n) is 11.4. The number of anilines is 1. The van der Waals surface area contributed by atoms with Crippen molar-refractivity contribution in [3.63, 3.8) is 0 Å². The number of carbonyl (C=O) groups is 1. The minimum absolute atomic E-state index is 0.279. The van der Waals surface area contributed by atoms with Crippen LogP contribution in [0.5, 0.6) is 5.75 Å². The molecule has 0 aliphatic rings. The average Bonchev–Trinajstić information content (AvgIpc) is 2.47. The molecule has 0 aliphatic carbocycles. The number of rotatable bonds is 5. The molecule has 0 atom stereocenters. The third-order valence-electron chi connectivity index (χ3n) is 2.66.